The highest BCUT2D eigenvalue weighted by Crippen LogP contribution is 2.22. The molecule has 0 aliphatic heterocycles. The van der Waals surface area contributed by atoms with Crippen LogP contribution in [0.15, 0.2) is 34.7 Å². The number of benzene rings is 1. The second-order valence-electron chi connectivity index (χ2n) is 3.58. The summed E-state index contributed by atoms with van der Waals surface area (Å²) >= 11 is 5.70. The summed E-state index contributed by atoms with van der Waals surface area (Å²) in [6.45, 7) is 0. The lowest BCUT2D eigenvalue weighted by Gasteiger charge is -2.08. The van der Waals surface area contributed by atoms with Gasteiger partial charge in [-0.25, -0.2) is 17.8 Å². The smallest absolute Gasteiger partial charge is 0.266 e. The third-order valence-electron chi connectivity index (χ3n) is 2.14. The number of aromatic nitrogens is 1. The van der Waals surface area contributed by atoms with Crippen molar-refractivity contribution in [2.75, 3.05) is 10.0 Å². The zero-order chi connectivity index (χ0) is 14.8. The van der Waals surface area contributed by atoms with Gasteiger partial charge in [0.15, 0.2) is 10.2 Å². The van der Waals surface area contributed by atoms with Crippen molar-refractivity contribution in [3.63, 3.8) is 0 Å². The Bertz CT molecular complexity index is 731. The SMILES string of the molecule is NC(=S)Nc1ccc(S(=O)(=O)Nc2nccs2)c(F)c1. The van der Waals surface area contributed by atoms with E-state index in [0.29, 0.717) is 0 Å². The maximum Gasteiger partial charge on any atom is 0.266 e. The molecule has 0 saturated carbocycles. The average Bonchev–Trinajstić information content (AvgIpc) is 2.79. The van der Waals surface area contributed by atoms with E-state index in [1.165, 1.54) is 12.3 Å². The number of thiocarbonyl (C=S) groups is 1. The predicted octanol–water partition coefficient (Wildman–Crippen LogP) is 1.74. The molecule has 0 saturated heterocycles. The molecule has 1 heterocycles. The van der Waals surface area contributed by atoms with Gasteiger partial charge in [-0.2, -0.15) is 0 Å². The molecule has 0 aliphatic carbocycles. The zero-order valence-corrected chi connectivity index (χ0v) is 12.3. The van der Waals surface area contributed by atoms with Crippen LogP contribution in [0.4, 0.5) is 15.2 Å². The van der Waals surface area contributed by atoms with E-state index < -0.39 is 20.7 Å². The fourth-order valence-corrected chi connectivity index (χ4v) is 3.35. The van der Waals surface area contributed by atoms with Crippen LogP contribution in [-0.4, -0.2) is 18.5 Å². The first kappa shape index (κ1) is 14.6. The first-order valence-electron chi connectivity index (χ1n) is 5.17. The van der Waals surface area contributed by atoms with Gasteiger partial charge in [0.05, 0.1) is 0 Å². The van der Waals surface area contributed by atoms with Crippen LogP contribution in [0.3, 0.4) is 0 Å². The first-order chi connectivity index (χ1) is 9.38. The van der Waals surface area contributed by atoms with E-state index in [1.807, 2.05) is 0 Å². The summed E-state index contributed by atoms with van der Waals surface area (Å²) in [5.41, 5.74) is 5.52. The van der Waals surface area contributed by atoms with E-state index in [0.717, 1.165) is 23.5 Å². The van der Waals surface area contributed by atoms with Crippen molar-refractivity contribution in [2.45, 2.75) is 4.90 Å². The molecule has 0 atom stereocenters. The minimum absolute atomic E-state index is 0.0408. The highest BCUT2D eigenvalue weighted by atomic mass is 32.2. The molecule has 0 radical (unpaired) electrons. The molecule has 10 heteroatoms. The van der Waals surface area contributed by atoms with Crippen molar-refractivity contribution in [1.82, 2.24) is 4.98 Å². The average molecular weight is 332 g/mol. The molecule has 6 nitrogen and oxygen atoms in total. The molecular weight excluding hydrogens is 323 g/mol. The van der Waals surface area contributed by atoms with E-state index in [4.69, 9.17) is 5.73 Å². The molecule has 0 aliphatic rings. The number of hydrogen-bond donors (Lipinski definition) is 3. The molecular formula is C10H9FN4O2S3. The van der Waals surface area contributed by atoms with Crippen LogP contribution in [0, 0.1) is 5.82 Å². The molecule has 1 aromatic carbocycles. The van der Waals surface area contributed by atoms with Crippen LogP contribution >= 0.6 is 23.6 Å². The van der Waals surface area contributed by atoms with Crippen molar-refractivity contribution in [3.8, 4) is 0 Å². The van der Waals surface area contributed by atoms with Gasteiger partial charge >= 0.3 is 0 Å². The maximum absolute atomic E-state index is 13.9. The Hall–Kier alpha value is -1.78. The number of halogens is 1. The molecule has 1 aromatic heterocycles. The van der Waals surface area contributed by atoms with Gasteiger partial charge in [0.1, 0.15) is 10.7 Å². The van der Waals surface area contributed by atoms with Gasteiger partial charge in [-0.05, 0) is 30.4 Å². The molecule has 2 rings (SSSR count). The molecule has 2 aromatic rings. The van der Waals surface area contributed by atoms with Gasteiger partial charge < -0.3 is 11.1 Å². The number of hydrogen-bond acceptors (Lipinski definition) is 5. The predicted molar refractivity (Wildman–Crippen MR) is 79.7 cm³/mol. The van der Waals surface area contributed by atoms with Gasteiger partial charge in [0.2, 0.25) is 0 Å². The summed E-state index contributed by atoms with van der Waals surface area (Å²) in [6.07, 6.45) is 1.44. The highest BCUT2D eigenvalue weighted by Gasteiger charge is 2.20. The number of rotatable bonds is 4. The van der Waals surface area contributed by atoms with Crippen molar-refractivity contribution in [1.29, 1.82) is 0 Å². The van der Waals surface area contributed by atoms with Crippen molar-refractivity contribution < 1.29 is 12.8 Å². The van der Waals surface area contributed by atoms with Crippen LogP contribution in [0.25, 0.3) is 0 Å². The van der Waals surface area contributed by atoms with Crippen molar-refractivity contribution >= 4 is 49.5 Å². The number of thiazole rings is 1. The summed E-state index contributed by atoms with van der Waals surface area (Å²) in [5.74, 6) is -0.921. The fraction of sp³-hybridized carbons (Fsp3) is 0. The third-order valence-corrected chi connectivity index (χ3v) is 4.43. The summed E-state index contributed by atoms with van der Waals surface area (Å²) in [4.78, 5) is 3.29. The minimum atomic E-state index is -4.03. The number of nitrogens with one attached hydrogen (secondary N) is 2. The van der Waals surface area contributed by atoms with Crippen molar-refractivity contribution in [3.05, 3.63) is 35.6 Å². The Morgan fingerprint density at radius 1 is 1.45 bits per heavy atom. The monoisotopic (exact) mass is 332 g/mol. The van der Waals surface area contributed by atoms with Crippen LogP contribution in [0.1, 0.15) is 0 Å². The molecule has 0 fully saturated rings. The van der Waals surface area contributed by atoms with E-state index in [9.17, 15) is 12.8 Å². The second-order valence-corrected chi connectivity index (χ2v) is 6.56. The van der Waals surface area contributed by atoms with Gasteiger partial charge in [-0.1, -0.05) is 0 Å². The largest absolute Gasteiger partial charge is 0.376 e. The maximum atomic E-state index is 13.9. The van der Waals surface area contributed by atoms with E-state index in [1.54, 1.807) is 5.38 Å². The van der Waals surface area contributed by atoms with Gasteiger partial charge in [-0.3, -0.25) is 4.72 Å². The summed E-state index contributed by atoms with van der Waals surface area (Å²) in [7, 11) is -4.03. The lowest BCUT2D eigenvalue weighted by Crippen LogP contribution is -2.19. The third kappa shape index (κ3) is 3.40. The number of nitrogens with zero attached hydrogens (tertiary/aromatic N) is 1. The molecule has 0 bridgehead atoms. The normalized spacial score (nSPS) is 11.1. The molecule has 106 valence electrons. The Morgan fingerprint density at radius 2 is 2.20 bits per heavy atom. The molecule has 0 unspecified atom stereocenters. The summed E-state index contributed by atoms with van der Waals surface area (Å²) < 4.78 is 40.0. The molecule has 4 N–H and O–H groups in total. The molecule has 0 spiro atoms. The molecule has 0 amide bonds. The number of nitrogens with two attached hydrogens (primary N) is 1. The lowest BCUT2D eigenvalue weighted by molar-refractivity contribution is 0.571. The zero-order valence-electron chi connectivity index (χ0n) is 9.83. The quantitative estimate of drug-likeness (QED) is 0.738. The van der Waals surface area contributed by atoms with E-state index >= 15 is 0 Å². The van der Waals surface area contributed by atoms with Crippen LogP contribution in [0.5, 0.6) is 0 Å². The van der Waals surface area contributed by atoms with Crippen LogP contribution < -0.4 is 15.8 Å². The highest BCUT2D eigenvalue weighted by molar-refractivity contribution is 7.93. The van der Waals surface area contributed by atoms with Crippen molar-refractivity contribution in [2.24, 2.45) is 5.73 Å². The second kappa shape index (κ2) is 5.69. The van der Waals surface area contributed by atoms with Crippen LogP contribution in [0.2, 0.25) is 0 Å². The fourth-order valence-electron chi connectivity index (χ4n) is 1.38. The Morgan fingerprint density at radius 3 is 2.75 bits per heavy atom. The first-order valence-corrected chi connectivity index (χ1v) is 7.94. The van der Waals surface area contributed by atoms with Gasteiger partial charge in [0, 0.05) is 17.3 Å². The Balaban J connectivity index is 2.30. The van der Waals surface area contributed by atoms with E-state index in [-0.39, 0.29) is 15.9 Å². The summed E-state index contributed by atoms with van der Waals surface area (Å²) in [5, 5.41) is 4.24. The van der Waals surface area contributed by atoms with Crippen LogP contribution in [-0.2, 0) is 10.0 Å². The number of anilines is 2. The molecule has 20 heavy (non-hydrogen) atoms. The Kier molecular flexibility index (Phi) is 4.16. The topological polar surface area (TPSA) is 97.1 Å². The van der Waals surface area contributed by atoms with E-state index in [2.05, 4.69) is 27.2 Å². The van der Waals surface area contributed by atoms with Gasteiger partial charge in [-0.15, -0.1) is 11.3 Å². The Labute approximate surface area is 123 Å². The minimum Gasteiger partial charge on any atom is -0.376 e. The van der Waals surface area contributed by atoms with Gasteiger partial charge in [0.25, 0.3) is 10.0 Å². The lowest BCUT2D eigenvalue weighted by atomic mass is 10.3. The standard InChI is InChI=1S/C10H9FN4O2S3/c11-7-5-6(14-9(12)18)1-2-8(7)20(16,17)15-10-13-3-4-19-10/h1-5H,(H,13,15)(H3,12,14,18). The summed E-state index contributed by atoms with van der Waals surface area (Å²) in [6, 6.07) is 3.47. The number of sulfonamides is 1.